The number of hydrogen-bond acceptors (Lipinski definition) is 5. The third-order valence-corrected chi connectivity index (χ3v) is 4.28. The SMILES string of the molecule is O=C(NC1CCCN(c2cnccn2)C1)c1ccc2nccn2c1. The van der Waals surface area contributed by atoms with Crippen molar-refractivity contribution in [2.45, 2.75) is 18.9 Å². The van der Waals surface area contributed by atoms with Crippen LogP contribution in [0.25, 0.3) is 5.65 Å². The Balaban J connectivity index is 1.45. The van der Waals surface area contributed by atoms with E-state index in [1.165, 1.54) is 0 Å². The van der Waals surface area contributed by atoms with Crippen LogP contribution in [0.1, 0.15) is 23.2 Å². The summed E-state index contributed by atoms with van der Waals surface area (Å²) in [6, 6.07) is 3.76. The molecule has 0 saturated carbocycles. The third kappa shape index (κ3) is 2.92. The summed E-state index contributed by atoms with van der Waals surface area (Å²) < 4.78 is 1.85. The standard InChI is InChI=1S/C17H18N6O/c24-17(13-3-4-15-20-7-9-23(15)11-13)21-14-2-1-8-22(12-14)16-10-18-5-6-19-16/h3-7,9-11,14H,1-2,8,12H2,(H,21,24). The molecule has 122 valence electrons. The van der Waals surface area contributed by atoms with Gasteiger partial charge in [-0.1, -0.05) is 0 Å². The summed E-state index contributed by atoms with van der Waals surface area (Å²) in [6.07, 6.45) is 12.5. The second kappa shape index (κ2) is 6.27. The van der Waals surface area contributed by atoms with E-state index in [9.17, 15) is 4.79 Å². The third-order valence-electron chi connectivity index (χ3n) is 4.28. The van der Waals surface area contributed by atoms with Crippen molar-refractivity contribution in [3.63, 3.8) is 0 Å². The van der Waals surface area contributed by atoms with Crippen LogP contribution in [0.4, 0.5) is 5.82 Å². The molecule has 0 radical (unpaired) electrons. The Kier molecular flexibility index (Phi) is 3.82. The van der Waals surface area contributed by atoms with Crippen LogP contribution in [0.2, 0.25) is 0 Å². The molecule has 0 bridgehead atoms. The van der Waals surface area contributed by atoms with E-state index < -0.39 is 0 Å². The van der Waals surface area contributed by atoms with Crippen molar-refractivity contribution in [2.75, 3.05) is 18.0 Å². The number of hydrogen-bond donors (Lipinski definition) is 1. The van der Waals surface area contributed by atoms with Gasteiger partial charge >= 0.3 is 0 Å². The number of piperidine rings is 1. The number of pyridine rings is 1. The molecule has 4 rings (SSSR count). The van der Waals surface area contributed by atoms with E-state index in [4.69, 9.17) is 0 Å². The van der Waals surface area contributed by atoms with Crippen LogP contribution < -0.4 is 10.2 Å². The molecule has 0 aromatic carbocycles. The lowest BCUT2D eigenvalue weighted by molar-refractivity contribution is 0.0932. The lowest BCUT2D eigenvalue weighted by atomic mass is 10.1. The number of aromatic nitrogens is 4. The summed E-state index contributed by atoms with van der Waals surface area (Å²) in [5.74, 6) is 0.799. The molecule has 0 aliphatic carbocycles. The summed E-state index contributed by atoms with van der Waals surface area (Å²) in [5, 5.41) is 3.13. The molecule has 24 heavy (non-hydrogen) atoms. The number of carbonyl (C=O) groups is 1. The maximum Gasteiger partial charge on any atom is 0.253 e. The van der Waals surface area contributed by atoms with E-state index in [0.29, 0.717) is 5.56 Å². The lowest BCUT2D eigenvalue weighted by Crippen LogP contribution is -2.48. The summed E-state index contributed by atoms with van der Waals surface area (Å²) in [4.78, 5) is 27.3. The zero-order valence-electron chi connectivity index (χ0n) is 13.2. The summed E-state index contributed by atoms with van der Waals surface area (Å²) >= 11 is 0. The predicted molar refractivity (Wildman–Crippen MR) is 89.9 cm³/mol. The molecule has 1 amide bonds. The van der Waals surface area contributed by atoms with Gasteiger partial charge in [0, 0.05) is 50.1 Å². The molecule has 7 heteroatoms. The van der Waals surface area contributed by atoms with Crippen molar-refractivity contribution in [3.8, 4) is 0 Å². The molecule has 1 fully saturated rings. The highest BCUT2D eigenvalue weighted by atomic mass is 16.1. The first kappa shape index (κ1) is 14.6. The number of nitrogens with one attached hydrogen (secondary N) is 1. The van der Waals surface area contributed by atoms with Crippen molar-refractivity contribution in [3.05, 3.63) is 54.9 Å². The molecule has 4 heterocycles. The maximum atomic E-state index is 12.5. The second-order valence-corrected chi connectivity index (χ2v) is 5.93. The van der Waals surface area contributed by atoms with Gasteiger partial charge in [-0.25, -0.2) is 9.97 Å². The minimum absolute atomic E-state index is 0.0587. The molecule has 0 spiro atoms. The Morgan fingerprint density at radius 2 is 2.17 bits per heavy atom. The first-order chi connectivity index (χ1) is 11.8. The van der Waals surface area contributed by atoms with Crippen molar-refractivity contribution in [1.29, 1.82) is 0 Å². The van der Waals surface area contributed by atoms with Crippen LogP contribution in [0.15, 0.2) is 49.3 Å². The van der Waals surface area contributed by atoms with Gasteiger partial charge in [0.2, 0.25) is 0 Å². The Morgan fingerprint density at radius 3 is 3.04 bits per heavy atom. The molecular weight excluding hydrogens is 304 g/mol. The van der Waals surface area contributed by atoms with Gasteiger partial charge in [0.05, 0.1) is 11.8 Å². The van der Waals surface area contributed by atoms with Crippen LogP contribution in [-0.2, 0) is 0 Å². The van der Waals surface area contributed by atoms with Crippen LogP contribution in [-0.4, -0.2) is 44.4 Å². The Bertz CT molecular complexity index is 846. The van der Waals surface area contributed by atoms with Gasteiger partial charge in [-0.2, -0.15) is 0 Å². The summed E-state index contributed by atoms with van der Waals surface area (Å²) in [6.45, 7) is 1.68. The number of carbonyl (C=O) groups excluding carboxylic acids is 1. The van der Waals surface area contributed by atoms with E-state index in [1.54, 1.807) is 37.1 Å². The maximum absolute atomic E-state index is 12.5. The number of nitrogens with zero attached hydrogens (tertiary/aromatic N) is 5. The van der Waals surface area contributed by atoms with Crippen LogP contribution >= 0.6 is 0 Å². The van der Waals surface area contributed by atoms with E-state index in [0.717, 1.165) is 37.4 Å². The highest BCUT2D eigenvalue weighted by Gasteiger charge is 2.23. The fraction of sp³-hybridized carbons (Fsp3) is 0.294. The van der Waals surface area contributed by atoms with Crippen molar-refractivity contribution >= 4 is 17.4 Å². The Hall–Kier alpha value is -2.96. The number of anilines is 1. The molecular formula is C17H18N6O. The zero-order valence-corrected chi connectivity index (χ0v) is 13.2. The molecule has 3 aromatic rings. The Morgan fingerprint density at radius 1 is 1.21 bits per heavy atom. The molecule has 7 nitrogen and oxygen atoms in total. The number of amides is 1. The molecule has 1 aliphatic rings. The van der Waals surface area contributed by atoms with Crippen molar-refractivity contribution in [2.24, 2.45) is 0 Å². The predicted octanol–water partition coefficient (Wildman–Crippen LogP) is 1.52. The first-order valence-electron chi connectivity index (χ1n) is 8.04. The van der Waals surface area contributed by atoms with Gasteiger partial charge in [-0.15, -0.1) is 0 Å². The number of rotatable bonds is 3. The normalized spacial score (nSPS) is 17.8. The number of fused-ring (bicyclic) bond motifs is 1. The van der Waals surface area contributed by atoms with Crippen LogP contribution in [0.3, 0.4) is 0 Å². The van der Waals surface area contributed by atoms with E-state index in [-0.39, 0.29) is 11.9 Å². The molecule has 1 saturated heterocycles. The van der Waals surface area contributed by atoms with E-state index >= 15 is 0 Å². The van der Waals surface area contributed by atoms with Gasteiger partial charge in [0.15, 0.2) is 0 Å². The monoisotopic (exact) mass is 322 g/mol. The average molecular weight is 322 g/mol. The first-order valence-corrected chi connectivity index (χ1v) is 8.04. The smallest absolute Gasteiger partial charge is 0.253 e. The average Bonchev–Trinajstić information content (AvgIpc) is 3.10. The van der Waals surface area contributed by atoms with Gasteiger partial charge in [-0.05, 0) is 25.0 Å². The topological polar surface area (TPSA) is 75.4 Å². The zero-order chi connectivity index (χ0) is 16.4. The van der Waals surface area contributed by atoms with Crippen LogP contribution in [0, 0.1) is 0 Å². The van der Waals surface area contributed by atoms with Crippen LogP contribution in [0.5, 0.6) is 0 Å². The highest BCUT2D eigenvalue weighted by molar-refractivity contribution is 5.94. The minimum atomic E-state index is -0.0587. The van der Waals surface area contributed by atoms with E-state index in [1.807, 2.05) is 16.7 Å². The molecule has 3 aromatic heterocycles. The lowest BCUT2D eigenvalue weighted by Gasteiger charge is -2.33. The fourth-order valence-corrected chi connectivity index (χ4v) is 3.08. The summed E-state index contributed by atoms with van der Waals surface area (Å²) in [7, 11) is 0. The quantitative estimate of drug-likeness (QED) is 0.791. The van der Waals surface area contributed by atoms with Gasteiger partial charge in [0.25, 0.3) is 5.91 Å². The van der Waals surface area contributed by atoms with Crippen molar-refractivity contribution in [1.82, 2.24) is 24.7 Å². The van der Waals surface area contributed by atoms with E-state index in [2.05, 4.69) is 25.2 Å². The van der Waals surface area contributed by atoms with Gasteiger partial charge < -0.3 is 14.6 Å². The molecule has 1 atom stereocenters. The van der Waals surface area contributed by atoms with Gasteiger partial charge in [0.1, 0.15) is 11.5 Å². The number of imidazole rings is 1. The second-order valence-electron chi connectivity index (χ2n) is 5.93. The molecule has 1 unspecified atom stereocenters. The largest absolute Gasteiger partial charge is 0.353 e. The highest BCUT2D eigenvalue weighted by Crippen LogP contribution is 2.17. The molecule has 1 aliphatic heterocycles. The fourth-order valence-electron chi connectivity index (χ4n) is 3.08. The minimum Gasteiger partial charge on any atom is -0.353 e. The Labute approximate surface area is 139 Å². The molecule has 1 N–H and O–H groups in total. The summed E-state index contributed by atoms with van der Waals surface area (Å²) in [5.41, 5.74) is 1.47. The van der Waals surface area contributed by atoms with Crippen molar-refractivity contribution < 1.29 is 4.79 Å². The van der Waals surface area contributed by atoms with Gasteiger partial charge in [-0.3, -0.25) is 9.78 Å².